The van der Waals surface area contributed by atoms with Crippen LogP contribution >= 0.6 is 0 Å². The zero-order valence-corrected chi connectivity index (χ0v) is 11.7. The second-order valence-corrected chi connectivity index (χ2v) is 5.83. The second-order valence-electron chi connectivity index (χ2n) is 5.83. The van der Waals surface area contributed by atoms with Gasteiger partial charge in [0.25, 0.3) is 0 Å². The highest BCUT2D eigenvalue weighted by molar-refractivity contribution is 5.82. The third-order valence-electron chi connectivity index (χ3n) is 4.46. The van der Waals surface area contributed by atoms with E-state index in [2.05, 4.69) is 23.1 Å². The number of carbonyl (C=O) groups excluding carboxylic acids is 1. The molecule has 3 nitrogen and oxygen atoms in total. The zero-order valence-electron chi connectivity index (χ0n) is 11.7. The van der Waals surface area contributed by atoms with E-state index in [1.165, 1.54) is 12.0 Å². The van der Waals surface area contributed by atoms with E-state index in [9.17, 15) is 4.79 Å². The molecule has 2 aliphatic rings. The minimum Gasteiger partial charge on any atom is -0.368 e. The molecule has 0 bridgehead atoms. The summed E-state index contributed by atoms with van der Waals surface area (Å²) in [4.78, 5) is 14.2. The normalized spacial score (nSPS) is 26.2. The van der Waals surface area contributed by atoms with Gasteiger partial charge < -0.3 is 5.73 Å². The lowest BCUT2D eigenvalue weighted by Crippen LogP contribution is -2.44. The Bertz CT molecular complexity index is 523. The number of amides is 1. The predicted octanol–water partition coefficient (Wildman–Crippen LogP) is 2.23. The first-order chi connectivity index (χ1) is 9.75. The molecule has 1 radical (unpaired) electrons. The van der Waals surface area contributed by atoms with Gasteiger partial charge in [-0.2, -0.15) is 0 Å². The first-order valence-electron chi connectivity index (χ1n) is 7.43. The van der Waals surface area contributed by atoms with E-state index in [1.807, 2.05) is 18.2 Å². The van der Waals surface area contributed by atoms with Crippen molar-refractivity contribution < 1.29 is 4.79 Å². The van der Waals surface area contributed by atoms with Crippen LogP contribution in [-0.2, 0) is 11.2 Å². The summed E-state index contributed by atoms with van der Waals surface area (Å²) in [6.45, 7) is 1.88. The SMILES string of the molecule is NC(=O)C1c2cc[c]cc2CCN1CC1CC=CCC1. The molecular weight excluding hydrogens is 248 g/mol. The molecule has 2 atom stereocenters. The molecule has 3 heteroatoms. The Morgan fingerprint density at radius 2 is 2.35 bits per heavy atom. The summed E-state index contributed by atoms with van der Waals surface area (Å²) in [5.74, 6) is 0.419. The number of nitrogens with zero attached hydrogens (tertiary/aromatic N) is 1. The molecule has 0 saturated heterocycles. The minimum absolute atomic E-state index is 0.233. The van der Waals surface area contributed by atoms with Crippen LogP contribution in [0.2, 0.25) is 0 Å². The van der Waals surface area contributed by atoms with Crippen LogP contribution in [0.3, 0.4) is 0 Å². The van der Waals surface area contributed by atoms with Crippen molar-refractivity contribution >= 4 is 5.91 Å². The number of carbonyl (C=O) groups is 1. The van der Waals surface area contributed by atoms with Crippen LogP contribution in [0.25, 0.3) is 0 Å². The molecule has 1 aromatic carbocycles. The maximum absolute atomic E-state index is 11.9. The Morgan fingerprint density at radius 3 is 3.10 bits per heavy atom. The summed E-state index contributed by atoms with van der Waals surface area (Å²) in [7, 11) is 0. The molecule has 1 heterocycles. The van der Waals surface area contributed by atoms with Gasteiger partial charge in [0.05, 0.1) is 0 Å². The number of primary amides is 1. The molecule has 2 unspecified atom stereocenters. The van der Waals surface area contributed by atoms with Gasteiger partial charge >= 0.3 is 0 Å². The molecule has 1 amide bonds. The van der Waals surface area contributed by atoms with Crippen LogP contribution in [0.1, 0.15) is 36.4 Å². The average molecular weight is 269 g/mol. The highest BCUT2D eigenvalue weighted by atomic mass is 16.1. The second kappa shape index (κ2) is 5.80. The molecule has 0 aromatic heterocycles. The van der Waals surface area contributed by atoms with Gasteiger partial charge in [-0.05, 0) is 48.8 Å². The van der Waals surface area contributed by atoms with Crippen LogP contribution in [-0.4, -0.2) is 23.9 Å². The van der Waals surface area contributed by atoms with E-state index in [0.29, 0.717) is 5.92 Å². The van der Waals surface area contributed by atoms with Gasteiger partial charge in [-0.15, -0.1) is 0 Å². The fraction of sp³-hybridized carbons (Fsp3) is 0.471. The van der Waals surface area contributed by atoms with Crippen molar-refractivity contribution in [3.05, 3.63) is 47.5 Å². The zero-order chi connectivity index (χ0) is 13.9. The lowest BCUT2D eigenvalue weighted by atomic mass is 9.89. The molecule has 0 fully saturated rings. The molecule has 1 aliphatic carbocycles. The molecule has 0 spiro atoms. The predicted molar refractivity (Wildman–Crippen MR) is 79.0 cm³/mol. The first-order valence-corrected chi connectivity index (χ1v) is 7.43. The van der Waals surface area contributed by atoms with E-state index in [0.717, 1.165) is 37.9 Å². The fourth-order valence-electron chi connectivity index (χ4n) is 3.43. The molecular formula is C17H21N2O. The van der Waals surface area contributed by atoms with Crippen LogP contribution in [0.4, 0.5) is 0 Å². The Hall–Kier alpha value is -1.61. The summed E-state index contributed by atoms with van der Waals surface area (Å²) in [6, 6.07) is 8.70. The van der Waals surface area contributed by atoms with Crippen LogP contribution < -0.4 is 5.73 Å². The molecule has 2 N–H and O–H groups in total. The van der Waals surface area contributed by atoms with Gasteiger partial charge in [0, 0.05) is 13.1 Å². The van der Waals surface area contributed by atoms with E-state index in [1.54, 1.807) is 0 Å². The maximum Gasteiger partial charge on any atom is 0.239 e. The Morgan fingerprint density at radius 1 is 1.45 bits per heavy atom. The fourth-order valence-corrected chi connectivity index (χ4v) is 3.43. The standard InChI is InChI=1S/C17H21N2O/c18-17(20)16-15-9-5-4-8-14(15)10-11-19(16)12-13-6-2-1-3-7-13/h1-2,5,8-9,13,16H,3,6-7,10-12H2,(H2,18,20). The summed E-state index contributed by atoms with van der Waals surface area (Å²) < 4.78 is 0. The molecule has 1 aliphatic heterocycles. The summed E-state index contributed by atoms with van der Waals surface area (Å²) in [5.41, 5.74) is 7.97. The number of hydrogen-bond acceptors (Lipinski definition) is 2. The van der Waals surface area contributed by atoms with Gasteiger partial charge in [0.2, 0.25) is 5.91 Å². The monoisotopic (exact) mass is 269 g/mol. The quantitative estimate of drug-likeness (QED) is 0.855. The van der Waals surface area contributed by atoms with Crippen LogP contribution in [0, 0.1) is 12.0 Å². The minimum atomic E-state index is -0.265. The van der Waals surface area contributed by atoms with E-state index >= 15 is 0 Å². The number of hydrogen-bond donors (Lipinski definition) is 1. The van der Waals surface area contributed by atoms with Gasteiger partial charge in [-0.25, -0.2) is 0 Å². The Kier molecular flexibility index (Phi) is 3.88. The summed E-state index contributed by atoms with van der Waals surface area (Å²) >= 11 is 0. The lowest BCUT2D eigenvalue weighted by molar-refractivity contribution is -0.124. The van der Waals surface area contributed by atoms with E-state index in [-0.39, 0.29) is 11.9 Å². The first kappa shape index (κ1) is 13.4. The van der Waals surface area contributed by atoms with Gasteiger partial charge in [-0.1, -0.05) is 30.4 Å². The number of benzene rings is 1. The smallest absolute Gasteiger partial charge is 0.239 e. The van der Waals surface area contributed by atoms with Gasteiger partial charge in [-0.3, -0.25) is 9.69 Å². The molecule has 20 heavy (non-hydrogen) atoms. The number of nitrogens with two attached hydrogens (primary N) is 1. The van der Waals surface area contributed by atoms with Crippen LogP contribution in [0.5, 0.6) is 0 Å². The van der Waals surface area contributed by atoms with Crippen molar-refractivity contribution in [2.24, 2.45) is 11.7 Å². The molecule has 1 aromatic rings. The van der Waals surface area contributed by atoms with E-state index in [4.69, 9.17) is 5.73 Å². The van der Waals surface area contributed by atoms with Crippen molar-refractivity contribution in [3.63, 3.8) is 0 Å². The summed E-state index contributed by atoms with van der Waals surface area (Å²) in [6.07, 6.45) is 9.00. The Labute approximate surface area is 120 Å². The Balaban J connectivity index is 1.81. The number of allylic oxidation sites excluding steroid dienone is 2. The van der Waals surface area contributed by atoms with Crippen molar-refractivity contribution in [2.45, 2.75) is 31.7 Å². The number of fused-ring (bicyclic) bond motifs is 1. The summed E-state index contributed by atoms with van der Waals surface area (Å²) in [5, 5.41) is 0. The molecule has 3 rings (SSSR count). The maximum atomic E-state index is 11.9. The van der Waals surface area contributed by atoms with Crippen molar-refractivity contribution in [1.82, 2.24) is 4.90 Å². The molecule has 0 saturated carbocycles. The third kappa shape index (κ3) is 2.63. The van der Waals surface area contributed by atoms with Crippen molar-refractivity contribution in [3.8, 4) is 0 Å². The van der Waals surface area contributed by atoms with Gasteiger partial charge in [0.1, 0.15) is 6.04 Å². The third-order valence-corrected chi connectivity index (χ3v) is 4.46. The van der Waals surface area contributed by atoms with Crippen LogP contribution in [0.15, 0.2) is 30.4 Å². The van der Waals surface area contributed by atoms with E-state index < -0.39 is 0 Å². The van der Waals surface area contributed by atoms with Gasteiger partial charge in [0.15, 0.2) is 0 Å². The highest BCUT2D eigenvalue weighted by Gasteiger charge is 2.32. The lowest BCUT2D eigenvalue weighted by Gasteiger charge is -2.37. The van der Waals surface area contributed by atoms with Crippen molar-refractivity contribution in [1.29, 1.82) is 0 Å². The molecule has 105 valence electrons. The number of rotatable bonds is 3. The van der Waals surface area contributed by atoms with Crippen molar-refractivity contribution in [2.75, 3.05) is 13.1 Å². The largest absolute Gasteiger partial charge is 0.368 e. The average Bonchev–Trinajstić information content (AvgIpc) is 2.47. The highest BCUT2D eigenvalue weighted by Crippen LogP contribution is 2.31. The topological polar surface area (TPSA) is 46.3 Å².